The lowest BCUT2D eigenvalue weighted by Crippen LogP contribution is -2.17. The summed E-state index contributed by atoms with van der Waals surface area (Å²) < 4.78 is 9.63. The molecule has 4 nitrogen and oxygen atoms in total. The fourth-order valence-corrected chi connectivity index (χ4v) is 0.751. The van der Waals surface area contributed by atoms with E-state index in [4.69, 9.17) is 4.42 Å². The number of furan rings is 1. The first-order valence-electron chi connectivity index (χ1n) is 3.96. The Labute approximate surface area is 76.2 Å². The molecule has 0 aliphatic carbocycles. The molecule has 13 heavy (non-hydrogen) atoms. The largest absolute Gasteiger partial charge is 0.465 e. The number of nitrogens with one attached hydrogen (secondary N) is 1. The third kappa shape index (κ3) is 3.46. The first kappa shape index (κ1) is 9.38. The number of alkyl carbamates (subject to hydrolysis) is 1. The van der Waals surface area contributed by atoms with Crippen LogP contribution in [0.5, 0.6) is 0 Å². The summed E-state index contributed by atoms with van der Waals surface area (Å²) in [7, 11) is 0. The number of carbonyl (C=O) groups excluding carboxylic acids is 1. The van der Waals surface area contributed by atoms with Crippen LogP contribution in [-0.4, -0.2) is 12.7 Å². The summed E-state index contributed by atoms with van der Waals surface area (Å²) in [5.74, 6) is 0.678. The molecule has 1 N–H and O–H groups in total. The first-order valence-corrected chi connectivity index (χ1v) is 3.96. The van der Waals surface area contributed by atoms with E-state index in [9.17, 15) is 4.79 Å². The average molecular weight is 181 g/mol. The molecule has 0 spiro atoms. The Morgan fingerprint density at radius 1 is 1.77 bits per heavy atom. The molecule has 70 valence electrons. The third-order valence-electron chi connectivity index (χ3n) is 1.27. The van der Waals surface area contributed by atoms with E-state index >= 15 is 0 Å². The smallest absolute Gasteiger partial charge is 0.411 e. The van der Waals surface area contributed by atoms with Gasteiger partial charge in [-0.15, -0.1) is 0 Å². The highest BCUT2D eigenvalue weighted by Gasteiger charge is 1.94. The van der Waals surface area contributed by atoms with Gasteiger partial charge in [0.25, 0.3) is 0 Å². The Morgan fingerprint density at radius 2 is 2.62 bits per heavy atom. The number of rotatable bonds is 3. The molecule has 0 aliphatic rings. The van der Waals surface area contributed by atoms with Crippen molar-refractivity contribution in [1.82, 2.24) is 5.32 Å². The topological polar surface area (TPSA) is 51.5 Å². The van der Waals surface area contributed by atoms with Crippen LogP contribution in [0.1, 0.15) is 12.7 Å². The van der Waals surface area contributed by atoms with Gasteiger partial charge in [-0.1, -0.05) is 0 Å². The van der Waals surface area contributed by atoms with Crippen LogP contribution in [-0.2, 0) is 4.74 Å². The summed E-state index contributed by atoms with van der Waals surface area (Å²) in [6, 6.07) is 3.55. The van der Waals surface area contributed by atoms with E-state index in [1.165, 1.54) is 6.20 Å². The van der Waals surface area contributed by atoms with E-state index in [0.29, 0.717) is 12.4 Å². The van der Waals surface area contributed by atoms with E-state index in [-0.39, 0.29) is 0 Å². The molecular weight excluding hydrogens is 170 g/mol. The summed E-state index contributed by atoms with van der Waals surface area (Å²) >= 11 is 0. The summed E-state index contributed by atoms with van der Waals surface area (Å²) in [5.41, 5.74) is 0. The van der Waals surface area contributed by atoms with Crippen LogP contribution in [0.2, 0.25) is 0 Å². The summed E-state index contributed by atoms with van der Waals surface area (Å²) in [6.45, 7) is 2.11. The summed E-state index contributed by atoms with van der Waals surface area (Å²) in [4.78, 5) is 10.8. The number of amides is 1. The van der Waals surface area contributed by atoms with Crippen molar-refractivity contribution >= 4 is 12.2 Å². The van der Waals surface area contributed by atoms with Gasteiger partial charge in [0.1, 0.15) is 5.76 Å². The zero-order chi connectivity index (χ0) is 9.52. The Hall–Kier alpha value is -1.71. The number of hydrogen-bond donors (Lipinski definition) is 1. The van der Waals surface area contributed by atoms with E-state index in [2.05, 4.69) is 10.1 Å². The van der Waals surface area contributed by atoms with Crippen molar-refractivity contribution in [2.24, 2.45) is 0 Å². The minimum Gasteiger partial charge on any atom is -0.465 e. The van der Waals surface area contributed by atoms with E-state index in [0.717, 1.165) is 0 Å². The van der Waals surface area contributed by atoms with Gasteiger partial charge in [-0.2, -0.15) is 0 Å². The molecule has 0 radical (unpaired) electrons. The molecule has 0 fully saturated rings. The van der Waals surface area contributed by atoms with Crippen LogP contribution in [0.15, 0.2) is 29.0 Å². The van der Waals surface area contributed by atoms with Crippen molar-refractivity contribution in [3.63, 3.8) is 0 Å². The highest BCUT2D eigenvalue weighted by molar-refractivity contribution is 5.69. The van der Waals surface area contributed by atoms with Crippen molar-refractivity contribution in [1.29, 1.82) is 0 Å². The van der Waals surface area contributed by atoms with Gasteiger partial charge in [0.15, 0.2) is 0 Å². The van der Waals surface area contributed by atoms with Crippen LogP contribution in [0.4, 0.5) is 4.79 Å². The zero-order valence-corrected chi connectivity index (χ0v) is 7.32. The fraction of sp³-hybridized carbons (Fsp3) is 0.222. The molecule has 4 heteroatoms. The van der Waals surface area contributed by atoms with Gasteiger partial charge < -0.3 is 9.15 Å². The van der Waals surface area contributed by atoms with Gasteiger partial charge in [-0.25, -0.2) is 4.79 Å². The van der Waals surface area contributed by atoms with E-state index < -0.39 is 6.09 Å². The van der Waals surface area contributed by atoms with E-state index in [1.807, 2.05) is 0 Å². The molecule has 0 atom stereocenters. The zero-order valence-electron chi connectivity index (χ0n) is 7.32. The molecule has 0 aromatic carbocycles. The minimum atomic E-state index is -0.467. The molecule has 0 bridgehead atoms. The van der Waals surface area contributed by atoms with Crippen LogP contribution in [0.3, 0.4) is 0 Å². The normalized spacial score (nSPS) is 10.2. The van der Waals surface area contributed by atoms with Crippen LogP contribution < -0.4 is 5.32 Å². The molecule has 1 aromatic heterocycles. The van der Waals surface area contributed by atoms with Crippen molar-refractivity contribution in [2.75, 3.05) is 6.61 Å². The van der Waals surface area contributed by atoms with Gasteiger partial charge in [0, 0.05) is 6.20 Å². The quantitative estimate of drug-likeness (QED) is 0.775. The number of carbonyl (C=O) groups is 1. The predicted octanol–water partition coefficient (Wildman–Crippen LogP) is 2.00. The maximum atomic E-state index is 10.8. The lowest BCUT2D eigenvalue weighted by atomic mass is 10.4. The van der Waals surface area contributed by atoms with Gasteiger partial charge in [0.2, 0.25) is 0 Å². The molecule has 1 rings (SSSR count). The SMILES string of the molecule is CCOC(=O)N/C=C\c1ccco1. The van der Waals surface area contributed by atoms with Crippen LogP contribution in [0.25, 0.3) is 6.08 Å². The predicted molar refractivity (Wildman–Crippen MR) is 47.9 cm³/mol. The molecule has 1 heterocycles. The minimum absolute atomic E-state index is 0.362. The van der Waals surface area contributed by atoms with Gasteiger partial charge in [0.05, 0.1) is 12.9 Å². The summed E-state index contributed by atoms with van der Waals surface area (Å²) in [5, 5.41) is 2.42. The monoisotopic (exact) mass is 181 g/mol. The Kier molecular flexibility index (Phi) is 3.63. The Morgan fingerprint density at radius 3 is 3.23 bits per heavy atom. The Bertz CT molecular complexity index is 277. The lowest BCUT2D eigenvalue weighted by Gasteiger charge is -1.98. The Balaban J connectivity index is 2.30. The molecule has 0 saturated heterocycles. The van der Waals surface area contributed by atoms with Gasteiger partial charge >= 0.3 is 6.09 Å². The second-order valence-electron chi connectivity index (χ2n) is 2.21. The number of ether oxygens (including phenoxy) is 1. The highest BCUT2D eigenvalue weighted by Crippen LogP contribution is 2.00. The third-order valence-corrected chi connectivity index (χ3v) is 1.27. The van der Waals surface area contributed by atoms with Crippen molar-refractivity contribution in [2.45, 2.75) is 6.92 Å². The molecule has 0 saturated carbocycles. The van der Waals surface area contributed by atoms with E-state index in [1.54, 1.807) is 31.4 Å². The molecule has 0 unspecified atom stereocenters. The van der Waals surface area contributed by atoms with Crippen molar-refractivity contribution in [3.8, 4) is 0 Å². The van der Waals surface area contributed by atoms with Crippen LogP contribution >= 0.6 is 0 Å². The maximum Gasteiger partial charge on any atom is 0.411 e. The molecule has 1 amide bonds. The lowest BCUT2D eigenvalue weighted by molar-refractivity contribution is 0.156. The van der Waals surface area contributed by atoms with Crippen molar-refractivity contribution < 1.29 is 13.9 Å². The number of hydrogen-bond acceptors (Lipinski definition) is 3. The fourth-order valence-electron chi connectivity index (χ4n) is 0.751. The van der Waals surface area contributed by atoms with Gasteiger partial charge in [-0.05, 0) is 25.1 Å². The maximum absolute atomic E-state index is 10.8. The van der Waals surface area contributed by atoms with Crippen LogP contribution in [0, 0.1) is 0 Å². The average Bonchev–Trinajstić information content (AvgIpc) is 2.57. The second-order valence-corrected chi connectivity index (χ2v) is 2.21. The van der Waals surface area contributed by atoms with Crippen molar-refractivity contribution in [3.05, 3.63) is 30.4 Å². The second kappa shape index (κ2) is 5.03. The molecular formula is C9H11NO3. The molecule has 1 aromatic rings. The standard InChI is InChI=1S/C9H11NO3/c1-2-12-9(11)10-6-5-8-4-3-7-13-8/h3-7H,2H2,1H3,(H,10,11)/b6-5-. The van der Waals surface area contributed by atoms with Gasteiger partial charge in [-0.3, -0.25) is 5.32 Å². The highest BCUT2D eigenvalue weighted by atomic mass is 16.5. The first-order chi connectivity index (χ1) is 6.33. The molecule has 0 aliphatic heterocycles. The summed E-state index contributed by atoms with van der Waals surface area (Å²) in [6.07, 6.45) is 4.20.